The molecule has 0 radical (unpaired) electrons. The van der Waals surface area contributed by atoms with Gasteiger partial charge in [-0.05, 0) is 31.5 Å². The summed E-state index contributed by atoms with van der Waals surface area (Å²) >= 11 is 3.41. The molecule has 5 heteroatoms. The molecule has 0 aromatic heterocycles. The van der Waals surface area contributed by atoms with Crippen LogP contribution in [-0.4, -0.2) is 12.0 Å². The molecule has 3 N–H and O–H groups in total. The Morgan fingerprint density at radius 1 is 1.50 bits per heavy atom. The molecule has 0 saturated heterocycles. The Bertz CT molecular complexity index is 353. The largest absolute Gasteiger partial charge is 0.370 e. The van der Waals surface area contributed by atoms with E-state index in [4.69, 9.17) is 5.73 Å². The van der Waals surface area contributed by atoms with E-state index in [1.807, 2.05) is 38.1 Å². The van der Waals surface area contributed by atoms with Crippen LogP contribution in [0, 0.1) is 0 Å². The van der Waals surface area contributed by atoms with Gasteiger partial charge in [0.15, 0.2) is 5.96 Å². The standard InChI is InChI=1S/C11H16BrN3.HI/c1-8(2)15-11(13)14-7-9-4-3-5-10(12)6-9;/h3-6,8H,7H2,1-2H3,(H3,13,14,15);1H. The Morgan fingerprint density at radius 3 is 2.75 bits per heavy atom. The van der Waals surface area contributed by atoms with E-state index in [0.717, 1.165) is 10.0 Å². The fourth-order valence-corrected chi connectivity index (χ4v) is 1.60. The van der Waals surface area contributed by atoms with Gasteiger partial charge in [-0.1, -0.05) is 28.1 Å². The molecular formula is C11H17BrIN3. The number of benzene rings is 1. The summed E-state index contributed by atoms with van der Waals surface area (Å²) in [4.78, 5) is 4.24. The average molecular weight is 398 g/mol. The third-order valence-corrected chi connectivity index (χ3v) is 2.25. The zero-order chi connectivity index (χ0) is 11.3. The number of nitrogens with zero attached hydrogens (tertiary/aromatic N) is 1. The first-order valence-electron chi connectivity index (χ1n) is 4.89. The van der Waals surface area contributed by atoms with Crippen molar-refractivity contribution >= 4 is 45.9 Å². The first-order valence-corrected chi connectivity index (χ1v) is 5.68. The summed E-state index contributed by atoms with van der Waals surface area (Å²) < 4.78 is 1.06. The van der Waals surface area contributed by atoms with E-state index >= 15 is 0 Å². The summed E-state index contributed by atoms with van der Waals surface area (Å²) in [7, 11) is 0. The summed E-state index contributed by atoms with van der Waals surface area (Å²) in [5.41, 5.74) is 6.82. The molecule has 0 fully saturated rings. The van der Waals surface area contributed by atoms with E-state index in [-0.39, 0.29) is 24.0 Å². The number of rotatable bonds is 3. The maximum absolute atomic E-state index is 5.69. The number of aliphatic imine (C=N–C) groups is 1. The topological polar surface area (TPSA) is 50.4 Å². The molecule has 3 nitrogen and oxygen atoms in total. The molecule has 16 heavy (non-hydrogen) atoms. The average Bonchev–Trinajstić information content (AvgIpc) is 2.14. The highest BCUT2D eigenvalue weighted by Crippen LogP contribution is 2.12. The molecule has 0 atom stereocenters. The van der Waals surface area contributed by atoms with Gasteiger partial charge in [-0.25, -0.2) is 4.99 Å². The molecule has 1 aromatic rings. The van der Waals surface area contributed by atoms with Crippen LogP contribution in [0.4, 0.5) is 0 Å². The fourth-order valence-electron chi connectivity index (χ4n) is 1.15. The van der Waals surface area contributed by atoms with Gasteiger partial charge < -0.3 is 11.1 Å². The molecule has 0 heterocycles. The number of halogens is 2. The smallest absolute Gasteiger partial charge is 0.189 e. The second-order valence-electron chi connectivity index (χ2n) is 3.63. The quantitative estimate of drug-likeness (QED) is 0.468. The van der Waals surface area contributed by atoms with Crippen molar-refractivity contribution in [2.24, 2.45) is 10.7 Å². The molecule has 0 aliphatic rings. The van der Waals surface area contributed by atoms with Gasteiger partial charge in [-0.3, -0.25) is 0 Å². The molecule has 0 aliphatic heterocycles. The predicted octanol–water partition coefficient (Wildman–Crippen LogP) is 2.88. The van der Waals surface area contributed by atoms with Crippen molar-refractivity contribution in [1.29, 1.82) is 0 Å². The van der Waals surface area contributed by atoms with Crippen LogP contribution in [-0.2, 0) is 6.54 Å². The summed E-state index contributed by atoms with van der Waals surface area (Å²) in [6.45, 7) is 4.66. The summed E-state index contributed by atoms with van der Waals surface area (Å²) in [6, 6.07) is 8.35. The minimum atomic E-state index is 0. The zero-order valence-electron chi connectivity index (χ0n) is 9.40. The van der Waals surface area contributed by atoms with Crippen molar-refractivity contribution in [3.05, 3.63) is 34.3 Å². The van der Waals surface area contributed by atoms with Crippen LogP contribution in [0.25, 0.3) is 0 Å². The van der Waals surface area contributed by atoms with Crippen LogP contribution in [0.5, 0.6) is 0 Å². The zero-order valence-corrected chi connectivity index (χ0v) is 13.3. The third kappa shape index (κ3) is 6.32. The molecule has 0 bridgehead atoms. The molecule has 0 amide bonds. The Kier molecular flexibility index (Phi) is 7.74. The van der Waals surface area contributed by atoms with Crippen molar-refractivity contribution in [3.63, 3.8) is 0 Å². The Labute approximate surface area is 122 Å². The maximum Gasteiger partial charge on any atom is 0.189 e. The molecule has 90 valence electrons. The highest BCUT2D eigenvalue weighted by Gasteiger charge is 1.96. The van der Waals surface area contributed by atoms with Gasteiger partial charge in [-0.2, -0.15) is 0 Å². The number of nitrogens with two attached hydrogens (primary N) is 1. The number of hydrogen-bond acceptors (Lipinski definition) is 1. The highest BCUT2D eigenvalue weighted by atomic mass is 127. The molecule has 0 unspecified atom stereocenters. The van der Waals surface area contributed by atoms with Crippen LogP contribution < -0.4 is 11.1 Å². The maximum atomic E-state index is 5.69. The van der Waals surface area contributed by atoms with Gasteiger partial charge in [0.25, 0.3) is 0 Å². The van der Waals surface area contributed by atoms with Gasteiger partial charge in [-0.15, -0.1) is 24.0 Å². The summed E-state index contributed by atoms with van der Waals surface area (Å²) in [5, 5.41) is 3.04. The predicted molar refractivity (Wildman–Crippen MR) is 83.2 cm³/mol. The van der Waals surface area contributed by atoms with Crippen molar-refractivity contribution in [2.45, 2.75) is 26.4 Å². The van der Waals surface area contributed by atoms with Crippen LogP contribution >= 0.6 is 39.9 Å². The van der Waals surface area contributed by atoms with E-state index in [1.54, 1.807) is 0 Å². The second-order valence-corrected chi connectivity index (χ2v) is 4.55. The van der Waals surface area contributed by atoms with Gasteiger partial charge in [0, 0.05) is 10.5 Å². The Morgan fingerprint density at radius 2 is 2.19 bits per heavy atom. The van der Waals surface area contributed by atoms with E-state index < -0.39 is 0 Å². The second kappa shape index (κ2) is 7.89. The first kappa shape index (κ1) is 15.7. The summed E-state index contributed by atoms with van der Waals surface area (Å²) in [5.74, 6) is 0.491. The SMILES string of the molecule is CC(C)NC(N)=NCc1cccc(Br)c1.I. The molecule has 0 spiro atoms. The van der Waals surface area contributed by atoms with Crippen LogP contribution in [0.3, 0.4) is 0 Å². The minimum Gasteiger partial charge on any atom is -0.370 e. The van der Waals surface area contributed by atoms with Gasteiger partial charge in [0.05, 0.1) is 6.54 Å². The first-order chi connectivity index (χ1) is 7.08. The lowest BCUT2D eigenvalue weighted by Crippen LogP contribution is -2.36. The monoisotopic (exact) mass is 397 g/mol. The van der Waals surface area contributed by atoms with Gasteiger partial charge in [0.1, 0.15) is 0 Å². The van der Waals surface area contributed by atoms with Crippen molar-refractivity contribution in [3.8, 4) is 0 Å². The Balaban J connectivity index is 0.00000225. The highest BCUT2D eigenvalue weighted by molar-refractivity contribution is 14.0. The van der Waals surface area contributed by atoms with Gasteiger partial charge >= 0.3 is 0 Å². The minimum absolute atomic E-state index is 0. The van der Waals surface area contributed by atoms with Crippen LogP contribution in [0.15, 0.2) is 33.7 Å². The number of guanidine groups is 1. The third-order valence-electron chi connectivity index (χ3n) is 1.76. The van der Waals surface area contributed by atoms with Crippen molar-refractivity contribution < 1.29 is 0 Å². The lowest BCUT2D eigenvalue weighted by Gasteiger charge is -2.08. The lowest BCUT2D eigenvalue weighted by atomic mass is 10.2. The lowest BCUT2D eigenvalue weighted by molar-refractivity contribution is 0.723. The molecule has 0 saturated carbocycles. The van der Waals surface area contributed by atoms with E-state index in [2.05, 4.69) is 26.2 Å². The molecule has 0 aliphatic carbocycles. The molecule has 1 aromatic carbocycles. The number of hydrogen-bond donors (Lipinski definition) is 2. The fraction of sp³-hybridized carbons (Fsp3) is 0.364. The van der Waals surface area contributed by atoms with Gasteiger partial charge in [0.2, 0.25) is 0 Å². The van der Waals surface area contributed by atoms with E-state index in [0.29, 0.717) is 18.5 Å². The molecule has 1 rings (SSSR count). The normalized spacial score (nSPS) is 11.1. The summed E-state index contributed by atoms with van der Waals surface area (Å²) in [6.07, 6.45) is 0. The van der Waals surface area contributed by atoms with E-state index in [1.165, 1.54) is 0 Å². The van der Waals surface area contributed by atoms with Crippen molar-refractivity contribution in [1.82, 2.24) is 5.32 Å². The molecular weight excluding hydrogens is 381 g/mol. The van der Waals surface area contributed by atoms with Crippen molar-refractivity contribution in [2.75, 3.05) is 0 Å². The Hall–Kier alpha value is -0.300. The van der Waals surface area contributed by atoms with Crippen LogP contribution in [0.1, 0.15) is 19.4 Å². The number of nitrogens with one attached hydrogen (secondary N) is 1. The van der Waals surface area contributed by atoms with E-state index in [9.17, 15) is 0 Å². The van der Waals surface area contributed by atoms with Crippen LogP contribution in [0.2, 0.25) is 0 Å².